The highest BCUT2D eigenvalue weighted by atomic mass is 19.1. The Balaban J connectivity index is 1.70. The minimum Gasteiger partial charge on any atom is -0.487 e. The highest BCUT2D eigenvalue weighted by molar-refractivity contribution is 5.53. The van der Waals surface area contributed by atoms with Crippen LogP contribution in [0.3, 0.4) is 0 Å². The van der Waals surface area contributed by atoms with Crippen LogP contribution in [0.4, 0.5) is 14.6 Å². The van der Waals surface area contributed by atoms with Crippen molar-refractivity contribution in [1.29, 1.82) is 5.26 Å². The van der Waals surface area contributed by atoms with Gasteiger partial charge in [-0.05, 0) is 12.1 Å². The predicted molar refractivity (Wildman–Crippen MR) is 82.6 cm³/mol. The van der Waals surface area contributed by atoms with Crippen molar-refractivity contribution in [2.75, 3.05) is 18.0 Å². The van der Waals surface area contributed by atoms with E-state index in [1.807, 2.05) is 0 Å². The lowest BCUT2D eigenvalue weighted by Crippen LogP contribution is -2.49. The summed E-state index contributed by atoms with van der Waals surface area (Å²) in [6.45, 7) is 0.722. The van der Waals surface area contributed by atoms with Crippen LogP contribution in [0.2, 0.25) is 0 Å². The average Bonchev–Trinajstić information content (AvgIpc) is 2.56. The van der Waals surface area contributed by atoms with Gasteiger partial charge in [0.2, 0.25) is 0 Å². The fraction of sp³-hybridized carbons (Fsp3) is 0.294. The molecule has 1 saturated heterocycles. The van der Waals surface area contributed by atoms with Crippen molar-refractivity contribution >= 4 is 5.82 Å². The molecule has 0 bridgehead atoms. The number of halogens is 2. The summed E-state index contributed by atoms with van der Waals surface area (Å²) in [5.74, 6) is -0.914. The lowest BCUT2D eigenvalue weighted by molar-refractivity contribution is 0.0237. The summed E-state index contributed by atoms with van der Waals surface area (Å²) in [6, 6.07) is 8.32. The molecule has 2 heterocycles. The summed E-state index contributed by atoms with van der Waals surface area (Å²) in [7, 11) is 0. The lowest BCUT2D eigenvalue weighted by atomic mass is 10.0. The molecular weight excluding hydrogens is 316 g/mol. The van der Waals surface area contributed by atoms with Gasteiger partial charge in [0.05, 0.1) is 5.56 Å². The van der Waals surface area contributed by atoms with Gasteiger partial charge in [0, 0.05) is 43.9 Å². The maximum absolute atomic E-state index is 13.2. The van der Waals surface area contributed by atoms with Crippen molar-refractivity contribution < 1.29 is 18.6 Å². The second-order valence-electron chi connectivity index (χ2n) is 5.55. The molecule has 1 aromatic carbocycles. The Morgan fingerprint density at radius 3 is 2.71 bits per heavy atom. The summed E-state index contributed by atoms with van der Waals surface area (Å²) in [6.07, 6.45) is 0.553. The third-order valence-electron chi connectivity index (χ3n) is 3.85. The summed E-state index contributed by atoms with van der Waals surface area (Å²) >= 11 is 0. The van der Waals surface area contributed by atoms with Crippen LogP contribution in [0.15, 0.2) is 36.5 Å². The topological polar surface area (TPSA) is 69.4 Å². The molecule has 1 fully saturated rings. The number of ether oxygens (including phenoxy) is 1. The number of anilines is 1. The first-order valence-electron chi connectivity index (χ1n) is 7.47. The van der Waals surface area contributed by atoms with E-state index in [1.165, 1.54) is 0 Å². The van der Waals surface area contributed by atoms with Crippen LogP contribution in [0.1, 0.15) is 12.0 Å². The Bertz CT molecular complexity index is 758. The fourth-order valence-corrected chi connectivity index (χ4v) is 2.75. The Kier molecular flexibility index (Phi) is 4.58. The van der Waals surface area contributed by atoms with E-state index in [1.54, 1.807) is 23.2 Å². The van der Waals surface area contributed by atoms with E-state index >= 15 is 0 Å². The van der Waals surface area contributed by atoms with Gasteiger partial charge in [0.15, 0.2) is 0 Å². The van der Waals surface area contributed by atoms with Crippen molar-refractivity contribution in [2.45, 2.75) is 18.6 Å². The average molecular weight is 331 g/mol. The molecule has 0 spiro atoms. The largest absolute Gasteiger partial charge is 0.487 e. The number of aliphatic hydroxyl groups is 1. The van der Waals surface area contributed by atoms with Crippen LogP contribution in [0.25, 0.3) is 0 Å². The SMILES string of the molecule is N#Cc1cccnc1N1CC[C@@H](Oc2cc(F)cc(F)c2)[C@H](O)C1. The van der Waals surface area contributed by atoms with Crippen molar-refractivity contribution in [3.63, 3.8) is 0 Å². The second kappa shape index (κ2) is 6.81. The molecule has 7 heteroatoms. The Morgan fingerprint density at radius 2 is 2.04 bits per heavy atom. The second-order valence-corrected chi connectivity index (χ2v) is 5.55. The van der Waals surface area contributed by atoms with E-state index in [4.69, 9.17) is 10.00 Å². The van der Waals surface area contributed by atoms with Gasteiger partial charge in [-0.25, -0.2) is 13.8 Å². The molecule has 124 valence electrons. The van der Waals surface area contributed by atoms with Crippen LogP contribution in [-0.2, 0) is 0 Å². The molecule has 1 N–H and O–H groups in total. The molecule has 24 heavy (non-hydrogen) atoms. The number of benzene rings is 1. The molecule has 5 nitrogen and oxygen atoms in total. The van der Waals surface area contributed by atoms with Crippen LogP contribution in [0, 0.1) is 23.0 Å². The maximum Gasteiger partial charge on any atom is 0.146 e. The predicted octanol–water partition coefficient (Wildman–Crippen LogP) is 2.25. The van der Waals surface area contributed by atoms with E-state index in [9.17, 15) is 13.9 Å². The molecule has 0 unspecified atom stereocenters. The highest BCUT2D eigenvalue weighted by Crippen LogP contribution is 2.25. The lowest BCUT2D eigenvalue weighted by Gasteiger charge is -2.36. The number of pyridine rings is 1. The smallest absolute Gasteiger partial charge is 0.146 e. The molecule has 0 saturated carbocycles. The molecule has 2 aromatic rings. The molecule has 2 atom stereocenters. The van der Waals surface area contributed by atoms with Gasteiger partial charge in [-0.15, -0.1) is 0 Å². The first kappa shape index (κ1) is 16.1. The van der Waals surface area contributed by atoms with Crippen LogP contribution in [0.5, 0.6) is 5.75 Å². The van der Waals surface area contributed by atoms with Crippen molar-refractivity contribution in [3.8, 4) is 11.8 Å². The third kappa shape index (κ3) is 3.44. The van der Waals surface area contributed by atoms with Gasteiger partial charge < -0.3 is 14.7 Å². The molecular formula is C17H15F2N3O2. The van der Waals surface area contributed by atoms with E-state index < -0.39 is 23.8 Å². The summed E-state index contributed by atoms with van der Waals surface area (Å²) < 4.78 is 32.0. The van der Waals surface area contributed by atoms with Crippen molar-refractivity contribution in [3.05, 3.63) is 53.7 Å². The highest BCUT2D eigenvalue weighted by Gasteiger charge is 2.31. The number of aromatic nitrogens is 1. The Labute approximate surface area is 137 Å². The zero-order valence-electron chi connectivity index (χ0n) is 12.7. The first-order chi connectivity index (χ1) is 11.6. The van der Waals surface area contributed by atoms with Gasteiger partial charge in [-0.2, -0.15) is 5.26 Å². The number of rotatable bonds is 3. The fourth-order valence-electron chi connectivity index (χ4n) is 2.75. The Morgan fingerprint density at radius 1 is 1.29 bits per heavy atom. The monoisotopic (exact) mass is 331 g/mol. The number of piperidine rings is 1. The van der Waals surface area contributed by atoms with Crippen LogP contribution >= 0.6 is 0 Å². The van der Waals surface area contributed by atoms with E-state index in [-0.39, 0.29) is 12.3 Å². The molecule has 1 aromatic heterocycles. The Hall–Kier alpha value is -2.72. The molecule has 0 radical (unpaired) electrons. The minimum absolute atomic E-state index is 0.0422. The van der Waals surface area contributed by atoms with Gasteiger partial charge in [0.25, 0.3) is 0 Å². The third-order valence-corrected chi connectivity index (χ3v) is 3.85. The van der Waals surface area contributed by atoms with Gasteiger partial charge in [-0.3, -0.25) is 0 Å². The number of β-amino-alcohol motifs (C(OH)–C–C–N with tert-alkyl or cyclic N) is 1. The normalized spacial score (nSPS) is 20.5. The summed E-state index contributed by atoms with van der Waals surface area (Å²) in [4.78, 5) is 5.99. The van der Waals surface area contributed by atoms with E-state index in [2.05, 4.69) is 11.1 Å². The van der Waals surface area contributed by atoms with Crippen molar-refractivity contribution in [2.24, 2.45) is 0 Å². The number of aliphatic hydroxyl groups excluding tert-OH is 1. The van der Waals surface area contributed by atoms with Crippen LogP contribution < -0.4 is 9.64 Å². The summed E-state index contributed by atoms with van der Waals surface area (Å²) in [5, 5.41) is 19.4. The number of hydrogen-bond acceptors (Lipinski definition) is 5. The first-order valence-corrected chi connectivity index (χ1v) is 7.47. The van der Waals surface area contributed by atoms with Crippen molar-refractivity contribution in [1.82, 2.24) is 4.98 Å². The van der Waals surface area contributed by atoms with Gasteiger partial charge in [0.1, 0.15) is 41.5 Å². The molecule has 1 aliphatic rings. The number of nitrogens with zero attached hydrogens (tertiary/aromatic N) is 3. The zero-order chi connectivity index (χ0) is 17.1. The van der Waals surface area contributed by atoms with E-state index in [0.29, 0.717) is 24.3 Å². The van der Waals surface area contributed by atoms with Gasteiger partial charge >= 0.3 is 0 Å². The zero-order valence-corrected chi connectivity index (χ0v) is 12.7. The maximum atomic E-state index is 13.2. The van der Waals surface area contributed by atoms with E-state index in [0.717, 1.165) is 18.2 Å². The number of hydrogen-bond donors (Lipinski definition) is 1. The van der Waals surface area contributed by atoms with Gasteiger partial charge in [-0.1, -0.05) is 0 Å². The number of nitriles is 1. The molecule has 0 aliphatic carbocycles. The molecule has 0 amide bonds. The minimum atomic E-state index is -0.876. The summed E-state index contributed by atoms with van der Waals surface area (Å²) in [5.41, 5.74) is 0.427. The molecule has 3 rings (SSSR count). The standard InChI is InChI=1S/C17H15F2N3O2/c18-12-6-13(19)8-14(7-12)24-16-3-5-22(10-15(16)23)17-11(9-20)2-1-4-21-17/h1-2,4,6-8,15-16,23H,3,5,10H2/t15-,16-/m1/s1. The van der Waals surface area contributed by atoms with Crippen LogP contribution in [-0.4, -0.2) is 35.4 Å². The quantitative estimate of drug-likeness (QED) is 0.934. The molecule has 1 aliphatic heterocycles.